The van der Waals surface area contributed by atoms with Crippen molar-refractivity contribution in [3.63, 3.8) is 0 Å². The lowest BCUT2D eigenvalue weighted by atomic mass is 10.1. The van der Waals surface area contributed by atoms with Crippen LogP contribution in [-0.4, -0.2) is 6.04 Å². The third kappa shape index (κ3) is 2.81. The lowest BCUT2D eigenvalue weighted by Crippen LogP contribution is -2.15. The predicted octanol–water partition coefficient (Wildman–Crippen LogP) is 5.81. The molecule has 106 valence electrons. The fraction of sp³-hybridized carbons (Fsp3) is 0.286. The Morgan fingerprint density at radius 1 is 1.10 bits per heavy atom. The summed E-state index contributed by atoms with van der Waals surface area (Å²) in [5.41, 5.74) is 1.50. The van der Waals surface area contributed by atoms with E-state index in [2.05, 4.69) is 5.32 Å². The summed E-state index contributed by atoms with van der Waals surface area (Å²) in [5, 5.41) is 4.84. The Morgan fingerprint density at radius 2 is 1.85 bits per heavy atom. The number of hydrogen-bond donors (Lipinski definition) is 1. The smallest absolute Gasteiger partial charge is 0.125 e. The molecule has 1 aromatic carbocycles. The van der Waals surface area contributed by atoms with Crippen molar-refractivity contribution < 1.29 is 4.42 Å². The zero-order chi connectivity index (χ0) is 14.3. The van der Waals surface area contributed by atoms with E-state index in [4.69, 9.17) is 50.8 Å². The van der Waals surface area contributed by atoms with Crippen molar-refractivity contribution in [2.24, 2.45) is 0 Å². The minimum atomic E-state index is 0.301. The van der Waals surface area contributed by atoms with Gasteiger partial charge in [0.25, 0.3) is 0 Å². The van der Waals surface area contributed by atoms with Crippen LogP contribution in [0.4, 0.5) is 0 Å². The first-order valence-electron chi connectivity index (χ1n) is 6.21. The van der Waals surface area contributed by atoms with E-state index in [-0.39, 0.29) is 0 Å². The van der Waals surface area contributed by atoms with Gasteiger partial charge >= 0.3 is 0 Å². The number of furan rings is 1. The van der Waals surface area contributed by atoms with Crippen LogP contribution in [0.5, 0.6) is 0 Å². The SMILES string of the molecule is Clc1cc(Cl)c(-c2ccoc2CNC2CC2)c(Cl)c1Cl. The Bertz CT molecular complexity index is 649. The van der Waals surface area contributed by atoms with Gasteiger partial charge in [-0.05, 0) is 25.0 Å². The van der Waals surface area contributed by atoms with Gasteiger partial charge in [-0.15, -0.1) is 0 Å². The van der Waals surface area contributed by atoms with Gasteiger partial charge in [0.2, 0.25) is 0 Å². The maximum absolute atomic E-state index is 6.28. The second kappa shape index (κ2) is 5.78. The maximum Gasteiger partial charge on any atom is 0.125 e. The van der Waals surface area contributed by atoms with Crippen LogP contribution in [-0.2, 0) is 6.54 Å². The molecule has 0 saturated heterocycles. The topological polar surface area (TPSA) is 25.2 Å². The molecule has 0 aliphatic heterocycles. The summed E-state index contributed by atoms with van der Waals surface area (Å²) < 4.78 is 5.52. The van der Waals surface area contributed by atoms with Crippen molar-refractivity contribution in [1.82, 2.24) is 5.32 Å². The molecule has 0 spiro atoms. The van der Waals surface area contributed by atoms with Gasteiger partial charge in [-0.3, -0.25) is 0 Å². The Labute approximate surface area is 136 Å². The summed E-state index contributed by atoms with van der Waals surface area (Å²) >= 11 is 24.6. The third-order valence-electron chi connectivity index (χ3n) is 3.26. The Balaban J connectivity index is 2.00. The highest BCUT2D eigenvalue weighted by Crippen LogP contribution is 2.44. The Hall–Kier alpha value is -0.380. The van der Waals surface area contributed by atoms with Gasteiger partial charge in [0.15, 0.2) is 0 Å². The molecule has 1 fully saturated rings. The summed E-state index contributed by atoms with van der Waals surface area (Å²) in [6.07, 6.45) is 4.04. The summed E-state index contributed by atoms with van der Waals surface area (Å²) in [6.45, 7) is 0.639. The molecule has 1 aliphatic rings. The number of halogens is 4. The highest BCUT2D eigenvalue weighted by molar-refractivity contribution is 6.51. The molecular weight excluding hydrogens is 340 g/mol. The molecule has 0 unspecified atom stereocenters. The van der Waals surface area contributed by atoms with Crippen molar-refractivity contribution in [2.45, 2.75) is 25.4 Å². The lowest BCUT2D eigenvalue weighted by Gasteiger charge is -2.10. The fourth-order valence-corrected chi connectivity index (χ4v) is 3.15. The molecule has 6 heteroatoms. The third-order valence-corrected chi connectivity index (χ3v) is 4.82. The van der Waals surface area contributed by atoms with Crippen LogP contribution in [0, 0.1) is 0 Å². The van der Waals surface area contributed by atoms with E-state index in [1.165, 1.54) is 12.8 Å². The van der Waals surface area contributed by atoms with E-state index < -0.39 is 0 Å². The Morgan fingerprint density at radius 3 is 2.55 bits per heavy atom. The quantitative estimate of drug-likeness (QED) is 0.555. The van der Waals surface area contributed by atoms with Crippen LogP contribution in [0.2, 0.25) is 20.1 Å². The fourth-order valence-electron chi connectivity index (χ4n) is 2.04. The first kappa shape index (κ1) is 14.6. The number of hydrogen-bond acceptors (Lipinski definition) is 2. The van der Waals surface area contributed by atoms with Crippen LogP contribution in [0.25, 0.3) is 11.1 Å². The molecule has 2 nitrogen and oxygen atoms in total. The van der Waals surface area contributed by atoms with Crippen molar-refractivity contribution in [3.05, 3.63) is 44.2 Å². The summed E-state index contributed by atoms with van der Waals surface area (Å²) in [4.78, 5) is 0. The highest BCUT2D eigenvalue weighted by Gasteiger charge is 2.23. The predicted molar refractivity (Wildman–Crippen MR) is 84.0 cm³/mol. The van der Waals surface area contributed by atoms with E-state index in [9.17, 15) is 0 Å². The van der Waals surface area contributed by atoms with Gasteiger partial charge in [-0.1, -0.05) is 46.4 Å². The van der Waals surface area contributed by atoms with E-state index in [0.29, 0.717) is 38.2 Å². The van der Waals surface area contributed by atoms with Crippen LogP contribution >= 0.6 is 46.4 Å². The van der Waals surface area contributed by atoms with Crippen molar-refractivity contribution in [2.75, 3.05) is 0 Å². The first-order chi connectivity index (χ1) is 9.58. The summed E-state index contributed by atoms with van der Waals surface area (Å²) in [7, 11) is 0. The van der Waals surface area contributed by atoms with E-state index >= 15 is 0 Å². The second-order valence-electron chi connectivity index (χ2n) is 4.76. The highest BCUT2D eigenvalue weighted by atomic mass is 35.5. The van der Waals surface area contributed by atoms with Crippen molar-refractivity contribution >= 4 is 46.4 Å². The van der Waals surface area contributed by atoms with E-state index in [1.807, 2.05) is 6.07 Å². The van der Waals surface area contributed by atoms with Crippen LogP contribution in [0.3, 0.4) is 0 Å². The number of benzene rings is 1. The average Bonchev–Trinajstić information content (AvgIpc) is 3.13. The lowest BCUT2D eigenvalue weighted by molar-refractivity contribution is 0.483. The van der Waals surface area contributed by atoms with Gasteiger partial charge in [-0.25, -0.2) is 0 Å². The average molecular weight is 351 g/mol. The molecule has 0 radical (unpaired) electrons. The van der Waals surface area contributed by atoms with Gasteiger partial charge in [0.1, 0.15) is 5.76 Å². The molecule has 1 aliphatic carbocycles. The van der Waals surface area contributed by atoms with Gasteiger partial charge in [0, 0.05) is 17.2 Å². The Kier molecular flexibility index (Phi) is 4.21. The van der Waals surface area contributed by atoms with Crippen LogP contribution in [0.15, 0.2) is 22.8 Å². The van der Waals surface area contributed by atoms with Crippen molar-refractivity contribution in [3.8, 4) is 11.1 Å². The summed E-state index contributed by atoms with van der Waals surface area (Å²) in [5.74, 6) is 0.791. The molecule has 0 amide bonds. The largest absolute Gasteiger partial charge is 0.467 e. The molecule has 1 aromatic heterocycles. The molecule has 2 aromatic rings. The molecule has 1 saturated carbocycles. The molecule has 0 bridgehead atoms. The van der Waals surface area contributed by atoms with Gasteiger partial charge in [-0.2, -0.15) is 0 Å². The monoisotopic (exact) mass is 349 g/mol. The number of rotatable bonds is 4. The van der Waals surface area contributed by atoms with E-state index in [0.717, 1.165) is 11.3 Å². The van der Waals surface area contributed by atoms with Crippen LogP contribution < -0.4 is 5.32 Å². The molecule has 3 rings (SSSR count). The second-order valence-corrected chi connectivity index (χ2v) is 6.33. The van der Waals surface area contributed by atoms with Gasteiger partial charge < -0.3 is 9.73 Å². The normalized spacial score (nSPS) is 14.8. The number of nitrogens with one attached hydrogen (secondary N) is 1. The maximum atomic E-state index is 6.28. The molecule has 0 atom stereocenters. The molecule has 1 N–H and O–H groups in total. The van der Waals surface area contributed by atoms with E-state index in [1.54, 1.807) is 12.3 Å². The first-order valence-corrected chi connectivity index (χ1v) is 7.72. The van der Waals surface area contributed by atoms with Crippen LogP contribution in [0.1, 0.15) is 18.6 Å². The minimum absolute atomic E-state index is 0.301. The van der Waals surface area contributed by atoms with Gasteiger partial charge in [0.05, 0.1) is 32.9 Å². The molecule has 1 heterocycles. The molecule has 20 heavy (non-hydrogen) atoms. The zero-order valence-electron chi connectivity index (χ0n) is 10.4. The molecular formula is C14H11Cl4NO. The standard InChI is InChI=1S/C14H11Cl4NO/c15-9-5-10(16)13(17)14(18)12(9)8-3-4-20-11(8)6-19-7-1-2-7/h3-5,7,19H,1-2,6H2. The zero-order valence-corrected chi connectivity index (χ0v) is 13.4. The summed E-state index contributed by atoms with van der Waals surface area (Å²) in [6, 6.07) is 4.02. The van der Waals surface area contributed by atoms with Crippen molar-refractivity contribution in [1.29, 1.82) is 0 Å². The minimum Gasteiger partial charge on any atom is -0.467 e.